The van der Waals surface area contributed by atoms with Gasteiger partial charge in [0.05, 0.1) is 22.8 Å². The zero-order valence-electron chi connectivity index (χ0n) is 26.4. The molecule has 0 saturated heterocycles. The smallest absolute Gasteiger partial charge is 0.162 e. The van der Waals surface area contributed by atoms with Gasteiger partial charge in [0.1, 0.15) is 5.82 Å². The first kappa shape index (κ1) is 27.1. The van der Waals surface area contributed by atoms with Gasteiger partial charge in [0.15, 0.2) is 5.82 Å². The SMILES string of the molecule is C1=CCCC(n2c3cc4c(cc3c3ccc5ccccc5c32)N(c2cc(-c3ccccc3)nc(-c3ccccc3)n2)C2C=CC=CC42)=C1. The average molecular weight is 617 g/mol. The number of benzene rings is 5. The van der Waals surface area contributed by atoms with E-state index in [4.69, 9.17) is 9.97 Å². The molecule has 0 fully saturated rings. The molecule has 228 valence electrons. The van der Waals surface area contributed by atoms with E-state index in [2.05, 4.69) is 161 Å². The number of hydrogen-bond acceptors (Lipinski definition) is 3. The van der Waals surface area contributed by atoms with E-state index in [9.17, 15) is 0 Å². The van der Waals surface area contributed by atoms with E-state index in [1.807, 2.05) is 6.07 Å². The molecule has 3 heterocycles. The van der Waals surface area contributed by atoms with Crippen molar-refractivity contribution in [3.8, 4) is 22.6 Å². The van der Waals surface area contributed by atoms with E-state index >= 15 is 0 Å². The third kappa shape index (κ3) is 4.16. The molecule has 2 unspecified atom stereocenters. The fourth-order valence-electron chi connectivity index (χ4n) is 7.98. The van der Waals surface area contributed by atoms with E-state index in [-0.39, 0.29) is 12.0 Å². The van der Waals surface area contributed by atoms with Crippen molar-refractivity contribution in [2.45, 2.75) is 24.8 Å². The van der Waals surface area contributed by atoms with E-state index < -0.39 is 0 Å². The molecule has 0 amide bonds. The lowest BCUT2D eigenvalue weighted by Gasteiger charge is -2.28. The second kappa shape index (κ2) is 10.8. The standard InChI is InChI=1S/C44H32N4/c1-4-15-30(16-5-1)38-28-42(46-44(45-38)31-17-6-2-7-18-31)48-39-23-13-12-22-34(39)36-26-40-37(27-41(36)48)35-25-24-29-14-10-11-21-33(29)43(35)47(40)32-19-8-3-9-20-32/h1-8,10-19,21-28,34,39H,9,20H2. The quantitative estimate of drug-likeness (QED) is 0.197. The molecule has 0 saturated carbocycles. The van der Waals surface area contributed by atoms with Crippen LogP contribution < -0.4 is 4.90 Å². The third-order valence-corrected chi connectivity index (χ3v) is 10.2. The normalized spacial score (nSPS) is 18.1. The summed E-state index contributed by atoms with van der Waals surface area (Å²) in [5.41, 5.74) is 9.43. The third-order valence-electron chi connectivity index (χ3n) is 10.2. The van der Waals surface area contributed by atoms with E-state index in [1.54, 1.807) is 0 Å². The van der Waals surface area contributed by atoms with Gasteiger partial charge in [0, 0.05) is 50.7 Å². The van der Waals surface area contributed by atoms with Gasteiger partial charge in [-0.25, -0.2) is 9.97 Å². The summed E-state index contributed by atoms with van der Waals surface area (Å²) in [7, 11) is 0. The Labute approximate surface area is 279 Å². The number of allylic oxidation sites excluding steroid dienone is 6. The van der Waals surface area contributed by atoms with Crippen LogP contribution in [0.2, 0.25) is 0 Å². The Morgan fingerprint density at radius 2 is 1.44 bits per heavy atom. The molecule has 0 radical (unpaired) electrons. The van der Waals surface area contributed by atoms with Gasteiger partial charge in [-0.15, -0.1) is 0 Å². The zero-order valence-corrected chi connectivity index (χ0v) is 26.4. The Morgan fingerprint density at radius 3 is 2.27 bits per heavy atom. The molecule has 2 atom stereocenters. The number of anilines is 2. The van der Waals surface area contributed by atoms with Gasteiger partial charge in [-0.2, -0.15) is 0 Å². The maximum Gasteiger partial charge on any atom is 0.162 e. The highest BCUT2D eigenvalue weighted by atomic mass is 15.3. The average Bonchev–Trinajstić information content (AvgIpc) is 3.67. The molecule has 48 heavy (non-hydrogen) atoms. The summed E-state index contributed by atoms with van der Waals surface area (Å²) in [5, 5.41) is 5.09. The van der Waals surface area contributed by atoms with Crippen molar-refractivity contribution >= 4 is 49.8 Å². The van der Waals surface area contributed by atoms with Gasteiger partial charge in [0.2, 0.25) is 0 Å². The predicted molar refractivity (Wildman–Crippen MR) is 199 cm³/mol. The van der Waals surface area contributed by atoms with Crippen LogP contribution in [0.1, 0.15) is 24.3 Å². The molecule has 3 aliphatic rings. The van der Waals surface area contributed by atoms with Gasteiger partial charge in [-0.3, -0.25) is 0 Å². The molecule has 4 heteroatoms. The highest BCUT2D eigenvalue weighted by Crippen LogP contribution is 2.51. The molecule has 0 N–H and O–H groups in total. The summed E-state index contributed by atoms with van der Waals surface area (Å²) in [6.45, 7) is 0. The largest absolute Gasteiger partial charge is 0.318 e. The molecule has 2 aromatic heterocycles. The van der Waals surface area contributed by atoms with Crippen LogP contribution in [0.5, 0.6) is 0 Å². The molecular weight excluding hydrogens is 585 g/mol. The molecular formula is C44H32N4. The van der Waals surface area contributed by atoms with E-state index in [0.29, 0.717) is 0 Å². The van der Waals surface area contributed by atoms with Gasteiger partial charge in [-0.1, -0.05) is 134 Å². The molecule has 4 nitrogen and oxygen atoms in total. The molecule has 1 aliphatic heterocycles. The number of rotatable bonds is 4. The predicted octanol–water partition coefficient (Wildman–Crippen LogP) is 11.0. The number of hydrogen-bond donors (Lipinski definition) is 0. The van der Waals surface area contributed by atoms with Crippen molar-refractivity contribution in [1.29, 1.82) is 0 Å². The Bertz CT molecular complexity index is 2460. The topological polar surface area (TPSA) is 34.0 Å². The summed E-state index contributed by atoms with van der Waals surface area (Å²) in [4.78, 5) is 12.8. The molecule has 0 bridgehead atoms. The zero-order chi connectivity index (χ0) is 31.6. The van der Waals surface area contributed by atoms with Crippen LogP contribution in [-0.2, 0) is 0 Å². The second-order valence-corrected chi connectivity index (χ2v) is 12.9. The number of aromatic nitrogens is 3. The van der Waals surface area contributed by atoms with E-state index in [0.717, 1.165) is 41.3 Å². The Morgan fingerprint density at radius 1 is 0.646 bits per heavy atom. The van der Waals surface area contributed by atoms with Crippen molar-refractivity contribution < 1.29 is 0 Å². The monoisotopic (exact) mass is 616 g/mol. The Hall–Kier alpha value is -6.00. The van der Waals surface area contributed by atoms with E-state index in [1.165, 1.54) is 49.5 Å². The molecule has 0 spiro atoms. The van der Waals surface area contributed by atoms with Crippen LogP contribution in [0, 0.1) is 0 Å². The highest BCUT2D eigenvalue weighted by Gasteiger charge is 2.39. The van der Waals surface area contributed by atoms with Crippen molar-refractivity contribution in [3.05, 3.63) is 163 Å². The summed E-state index contributed by atoms with van der Waals surface area (Å²) < 4.78 is 2.54. The van der Waals surface area contributed by atoms with Crippen LogP contribution >= 0.6 is 0 Å². The van der Waals surface area contributed by atoms with Crippen LogP contribution in [0.25, 0.3) is 60.9 Å². The van der Waals surface area contributed by atoms with Crippen LogP contribution in [-0.4, -0.2) is 20.6 Å². The van der Waals surface area contributed by atoms with Gasteiger partial charge >= 0.3 is 0 Å². The molecule has 10 rings (SSSR count). The Balaban J connectivity index is 1.26. The van der Waals surface area contributed by atoms with Gasteiger partial charge < -0.3 is 9.47 Å². The maximum atomic E-state index is 5.30. The van der Waals surface area contributed by atoms with Crippen molar-refractivity contribution in [3.63, 3.8) is 0 Å². The Kier molecular flexibility index (Phi) is 6.10. The summed E-state index contributed by atoms with van der Waals surface area (Å²) >= 11 is 0. The lowest BCUT2D eigenvalue weighted by molar-refractivity contribution is 0.737. The lowest BCUT2D eigenvalue weighted by atomic mass is 9.91. The maximum absolute atomic E-state index is 5.30. The van der Waals surface area contributed by atoms with Crippen molar-refractivity contribution in [1.82, 2.24) is 14.5 Å². The highest BCUT2D eigenvalue weighted by molar-refractivity contribution is 6.20. The summed E-state index contributed by atoms with van der Waals surface area (Å²) in [6.07, 6.45) is 17.9. The fourth-order valence-corrected chi connectivity index (χ4v) is 7.98. The summed E-state index contributed by atoms with van der Waals surface area (Å²) in [5.74, 6) is 1.84. The summed E-state index contributed by atoms with van der Waals surface area (Å²) in [6, 6.07) is 41.3. The first-order valence-corrected chi connectivity index (χ1v) is 16.8. The van der Waals surface area contributed by atoms with Gasteiger partial charge in [0.25, 0.3) is 0 Å². The fraction of sp³-hybridized carbons (Fsp3) is 0.0909. The number of fused-ring (bicyclic) bond motifs is 8. The minimum absolute atomic E-state index is 0.107. The number of nitrogens with zero attached hydrogens (tertiary/aromatic N) is 4. The molecule has 7 aromatic rings. The molecule has 2 aliphatic carbocycles. The van der Waals surface area contributed by atoms with Crippen LogP contribution in [0.4, 0.5) is 11.5 Å². The first-order valence-electron chi connectivity index (χ1n) is 16.8. The lowest BCUT2D eigenvalue weighted by Crippen LogP contribution is -2.29. The minimum atomic E-state index is 0.107. The van der Waals surface area contributed by atoms with Gasteiger partial charge in [-0.05, 0) is 42.0 Å². The molecule has 5 aromatic carbocycles. The second-order valence-electron chi connectivity index (χ2n) is 12.9. The van der Waals surface area contributed by atoms with Crippen LogP contribution in [0.3, 0.4) is 0 Å². The minimum Gasteiger partial charge on any atom is -0.318 e. The first-order chi connectivity index (χ1) is 23.8. The van der Waals surface area contributed by atoms with Crippen LogP contribution in [0.15, 0.2) is 158 Å². The van der Waals surface area contributed by atoms with Crippen molar-refractivity contribution in [2.24, 2.45) is 0 Å². The van der Waals surface area contributed by atoms with Crippen molar-refractivity contribution in [2.75, 3.05) is 4.90 Å².